The molecule has 0 spiro atoms. The van der Waals surface area contributed by atoms with Crippen molar-refractivity contribution in [3.8, 4) is 0 Å². The van der Waals surface area contributed by atoms with Gasteiger partial charge in [-0.25, -0.2) is 0 Å². The lowest BCUT2D eigenvalue weighted by Gasteiger charge is -2.17. The van der Waals surface area contributed by atoms with Gasteiger partial charge in [0.15, 0.2) is 11.0 Å². The molecule has 0 bridgehead atoms. The van der Waals surface area contributed by atoms with Crippen LogP contribution in [-0.4, -0.2) is 16.7 Å². The van der Waals surface area contributed by atoms with E-state index in [0.29, 0.717) is 5.15 Å². The Kier molecular flexibility index (Phi) is 3.18. The zero-order chi connectivity index (χ0) is 12.7. The fourth-order valence-electron chi connectivity index (χ4n) is 2.73. The summed E-state index contributed by atoms with van der Waals surface area (Å²) in [7, 11) is 0. The Balaban J connectivity index is 1.67. The molecule has 98 valence electrons. The second kappa shape index (κ2) is 4.69. The van der Waals surface area contributed by atoms with Gasteiger partial charge in [-0.3, -0.25) is 0 Å². The van der Waals surface area contributed by atoms with Crippen LogP contribution in [0.5, 0.6) is 0 Å². The van der Waals surface area contributed by atoms with E-state index in [1.54, 1.807) is 0 Å². The van der Waals surface area contributed by atoms with Crippen LogP contribution in [0, 0.1) is 31.6 Å². The van der Waals surface area contributed by atoms with Gasteiger partial charge in [-0.05, 0) is 68.4 Å². The van der Waals surface area contributed by atoms with Crippen molar-refractivity contribution in [2.75, 3.05) is 11.9 Å². The average Bonchev–Trinajstić information content (AvgIpc) is 3.22. The van der Waals surface area contributed by atoms with Crippen molar-refractivity contribution >= 4 is 17.4 Å². The number of hydrogen-bond acceptors (Lipinski definition) is 3. The van der Waals surface area contributed by atoms with Crippen molar-refractivity contribution in [3.05, 3.63) is 16.3 Å². The van der Waals surface area contributed by atoms with E-state index < -0.39 is 0 Å². The predicted molar refractivity (Wildman–Crippen MR) is 73.9 cm³/mol. The molecule has 1 heterocycles. The topological polar surface area (TPSA) is 37.8 Å². The Labute approximate surface area is 113 Å². The van der Waals surface area contributed by atoms with Gasteiger partial charge in [-0.1, -0.05) is 11.6 Å². The smallest absolute Gasteiger partial charge is 0.155 e. The molecule has 0 unspecified atom stereocenters. The van der Waals surface area contributed by atoms with Crippen LogP contribution in [0.3, 0.4) is 0 Å². The highest BCUT2D eigenvalue weighted by Crippen LogP contribution is 2.49. The molecule has 0 amide bonds. The van der Waals surface area contributed by atoms with Crippen molar-refractivity contribution < 1.29 is 0 Å². The largest absolute Gasteiger partial charge is 0.368 e. The van der Waals surface area contributed by atoms with Gasteiger partial charge in [-0.2, -0.15) is 0 Å². The van der Waals surface area contributed by atoms with E-state index in [4.69, 9.17) is 11.6 Å². The van der Waals surface area contributed by atoms with Gasteiger partial charge in [0.25, 0.3) is 0 Å². The highest BCUT2D eigenvalue weighted by Gasteiger charge is 2.41. The van der Waals surface area contributed by atoms with Crippen LogP contribution < -0.4 is 5.32 Å². The molecule has 4 heteroatoms. The summed E-state index contributed by atoms with van der Waals surface area (Å²) in [6, 6.07) is 0. The number of aromatic nitrogens is 2. The van der Waals surface area contributed by atoms with Gasteiger partial charge in [0.05, 0.1) is 0 Å². The third-order valence-electron chi connectivity index (χ3n) is 4.43. The zero-order valence-electron chi connectivity index (χ0n) is 11.0. The van der Waals surface area contributed by atoms with Crippen LogP contribution in [0.15, 0.2) is 0 Å². The SMILES string of the molecule is Cc1c(Cl)nnc(NCC(C2CC2)C2CC2)c1C. The minimum Gasteiger partial charge on any atom is -0.368 e. The molecule has 0 aromatic carbocycles. The summed E-state index contributed by atoms with van der Waals surface area (Å²) in [6.07, 6.45) is 5.70. The first-order chi connectivity index (χ1) is 8.66. The molecule has 0 aliphatic heterocycles. The Hall–Kier alpha value is -0.830. The summed E-state index contributed by atoms with van der Waals surface area (Å²) in [5.41, 5.74) is 2.16. The lowest BCUT2D eigenvalue weighted by Crippen LogP contribution is -2.19. The van der Waals surface area contributed by atoms with Gasteiger partial charge in [0, 0.05) is 6.54 Å². The van der Waals surface area contributed by atoms with E-state index in [-0.39, 0.29) is 0 Å². The normalized spacial score (nSPS) is 19.3. The maximum absolute atomic E-state index is 5.97. The molecule has 0 radical (unpaired) electrons. The van der Waals surface area contributed by atoms with Crippen molar-refractivity contribution in [2.45, 2.75) is 39.5 Å². The maximum atomic E-state index is 5.97. The van der Waals surface area contributed by atoms with Gasteiger partial charge in [-0.15, -0.1) is 10.2 Å². The fourth-order valence-corrected chi connectivity index (χ4v) is 2.91. The van der Waals surface area contributed by atoms with E-state index in [0.717, 1.165) is 41.2 Å². The van der Waals surface area contributed by atoms with E-state index in [1.807, 2.05) is 6.92 Å². The minimum absolute atomic E-state index is 0.513. The molecular formula is C14H20ClN3. The lowest BCUT2D eigenvalue weighted by atomic mass is 9.98. The first-order valence-corrected chi connectivity index (χ1v) is 7.28. The van der Waals surface area contributed by atoms with Crippen molar-refractivity contribution in [1.29, 1.82) is 0 Å². The van der Waals surface area contributed by atoms with E-state index >= 15 is 0 Å². The molecule has 2 saturated carbocycles. The first kappa shape index (κ1) is 12.2. The molecule has 2 fully saturated rings. The molecule has 1 aromatic heterocycles. The van der Waals surface area contributed by atoms with Crippen molar-refractivity contribution in [3.63, 3.8) is 0 Å². The highest BCUT2D eigenvalue weighted by molar-refractivity contribution is 6.30. The monoisotopic (exact) mass is 265 g/mol. The fraction of sp³-hybridized carbons (Fsp3) is 0.714. The molecule has 0 atom stereocenters. The number of hydrogen-bond donors (Lipinski definition) is 1. The average molecular weight is 266 g/mol. The summed E-state index contributed by atoms with van der Waals surface area (Å²) in [6.45, 7) is 5.10. The van der Waals surface area contributed by atoms with Crippen LogP contribution in [0.4, 0.5) is 5.82 Å². The maximum Gasteiger partial charge on any atom is 0.155 e. The van der Waals surface area contributed by atoms with Crippen LogP contribution in [-0.2, 0) is 0 Å². The standard InChI is InChI=1S/C14H20ClN3/c1-8-9(2)14(18-17-13(8)15)16-7-12(10-3-4-10)11-5-6-11/h10-12H,3-7H2,1-2H3,(H,16,18). The van der Waals surface area contributed by atoms with E-state index in [9.17, 15) is 0 Å². The summed E-state index contributed by atoms with van der Waals surface area (Å²) >= 11 is 5.97. The highest BCUT2D eigenvalue weighted by atomic mass is 35.5. The second-order valence-electron chi connectivity index (χ2n) is 5.81. The molecule has 2 aliphatic carbocycles. The quantitative estimate of drug-likeness (QED) is 0.884. The van der Waals surface area contributed by atoms with E-state index in [2.05, 4.69) is 22.4 Å². The molecule has 1 N–H and O–H groups in total. The van der Waals surface area contributed by atoms with Crippen LogP contribution in [0.2, 0.25) is 5.15 Å². The van der Waals surface area contributed by atoms with Crippen LogP contribution in [0.25, 0.3) is 0 Å². The van der Waals surface area contributed by atoms with Gasteiger partial charge < -0.3 is 5.32 Å². The number of nitrogens with one attached hydrogen (secondary N) is 1. The molecule has 0 saturated heterocycles. The summed E-state index contributed by atoms with van der Waals surface area (Å²) in [5, 5.41) is 12.2. The Morgan fingerprint density at radius 1 is 1.11 bits per heavy atom. The Bertz CT molecular complexity index is 441. The molecular weight excluding hydrogens is 246 g/mol. The lowest BCUT2D eigenvalue weighted by molar-refractivity contribution is 0.427. The van der Waals surface area contributed by atoms with Gasteiger partial charge >= 0.3 is 0 Å². The number of anilines is 1. The molecule has 18 heavy (non-hydrogen) atoms. The van der Waals surface area contributed by atoms with E-state index in [1.165, 1.54) is 25.7 Å². The number of halogens is 1. The van der Waals surface area contributed by atoms with Gasteiger partial charge in [0.1, 0.15) is 0 Å². The minimum atomic E-state index is 0.513. The molecule has 3 rings (SSSR count). The predicted octanol–water partition coefficient (Wildman–Crippen LogP) is 3.59. The second-order valence-corrected chi connectivity index (χ2v) is 6.17. The third-order valence-corrected chi connectivity index (χ3v) is 4.78. The summed E-state index contributed by atoms with van der Waals surface area (Å²) < 4.78 is 0. The zero-order valence-corrected chi connectivity index (χ0v) is 11.8. The molecule has 1 aromatic rings. The third kappa shape index (κ3) is 2.46. The van der Waals surface area contributed by atoms with Crippen LogP contribution >= 0.6 is 11.6 Å². The first-order valence-electron chi connectivity index (χ1n) is 6.90. The van der Waals surface area contributed by atoms with Crippen molar-refractivity contribution in [2.24, 2.45) is 17.8 Å². The Morgan fingerprint density at radius 3 is 2.28 bits per heavy atom. The van der Waals surface area contributed by atoms with Crippen molar-refractivity contribution in [1.82, 2.24) is 10.2 Å². The molecule has 3 nitrogen and oxygen atoms in total. The van der Waals surface area contributed by atoms with Gasteiger partial charge in [0.2, 0.25) is 0 Å². The summed E-state index contributed by atoms with van der Waals surface area (Å²) in [4.78, 5) is 0. The number of nitrogens with zero attached hydrogens (tertiary/aromatic N) is 2. The Morgan fingerprint density at radius 2 is 1.72 bits per heavy atom. The number of rotatable bonds is 5. The summed E-state index contributed by atoms with van der Waals surface area (Å²) in [5.74, 6) is 3.68. The van der Waals surface area contributed by atoms with Crippen LogP contribution in [0.1, 0.15) is 36.8 Å². The molecule has 2 aliphatic rings.